The van der Waals surface area contributed by atoms with E-state index in [0.717, 1.165) is 24.5 Å². The molecule has 1 aromatic heterocycles. The standard InChI is InChI=1S/C9H15ClN2O2S2/c1-3-15-6-4-5-12-7-9(11-8(12)2)16(10,13)14/h7H,3-6H2,1-2H3. The van der Waals surface area contributed by atoms with Gasteiger partial charge in [0.25, 0.3) is 9.05 Å². The van der Waals surface area contributed by atoms with Gasteiger partial charge in [-0.15, -0.1) is 0 Å². The van der Waals surface area contributed by atoms with Crippen molar-refractivity contribution >= 4 is 31.5 Å². The zero-order valence-corrected chi connectivity index (χ0v) is 11.7. The van der Waals surface area contributed by atoms with Gasteiger partial charge in [-0.25, -0.2) is 13.4 Å². The van der Waals surface area contributed by atoms with Crippen molar-refractivity contribution in [3.05, 3.63) is 12.0 Å². The van der Waals surface area contributed by atoms with Crippen LogP contribution in [0.3, 0.4) is 0 Å². The zero-order chi connectivity index (χ0) is 12.2. The normalized spacial score (nSPS) is 11.9. The third-order valence-corrected chi connectivity index (χ3v) is 4.25. The first-order valence-electron chi connectivity index (χ1n) is 5.01. The van der Waals surface area contributed by atoms with E-state index in [1.165, 1.54) is 6.20 Å². The molecule has 0 bridgehead atoms. The third kappa shape index (κ3) is 3.99. The van der Waals surface area contributed by atoms with Crippen molar-refractivity contribution in [1.29, 1.82) is 0 Å². The predicted octanol–water partition coefficient (Wildman–Crippen LogP) is 2.26. The smallest absolute Gasteiger partial charge is 0.280 e. The number of hydrogen-bond acceptors (Lipinski definition) is 4. The maximum Gasteiger partial charge on any atom is 0.280 e. The van der Waals surface area contributed by atoms with Gasteiger partial charge in [-0.1, -0.05) is 6.92 Å². The molecule has 0 amide bonds. The van der Waals surface area contributed by atoms with Crippen LogP contribution in [0.5, 0.6) is 0 Å². The second-order valence-electron chi connectivity index (χ2n) is 3.31. The van der Waals surface area contributed by atoms with E-state index >= 15 is 0 Å². The Hall–Kier alpha value is -0.200. The minimum Gasteiger partial charge on any atom is -0.334 e. The first-order chi connectivity index (χ1) is 7.45. The first-order valence-corrected chi connectivity index (χ1v) is 8.47. The lowest BCUT2D eigenvalue weighted by atomic mass is 10.4. The maximum absolute atomic E-state index is 11.1. The van der Waals surface area contributed by atoms with Crippen LogP contribution in [0.4, 0.5) is 0 Å². The molecule has 0 fully saturated rings. The zero-order valence-electron chi connectivity index (χ0n) is 9.31. The highest BCUT2D eigenvalue weighted by atomic mass is 35.7. The fourth-order valence-corrected chi connectivity index (χ4v) is 2.64. The Morgan fingerprint density at radius 2 is 2.25 bits per heavy atom. The topological polar surface area (TPSA) is 52.0 Å². The Bertz CT molecular complexity index is 442. The van der Waals surface area contributed by atoms with Gasteiger partial charge in [0.05, 0.1) is 0 Å². The molecule has 1 rings (SSSR count). The van der Waals surface area contributed by atoms with E-state index in [9.17, 15) is 8.42 Å². The van der Waals surface area contributed by atoms with Crippen LogP contribution in [-0.4, -0.2) is 29.5 Å². The van der Waals surface area contributed by atoms with Gasteiger partial charge in [0.2, 0.25) is 0 Å². The van der Waals surface area contributed by atoms with E-state index in [1.807, 2.05) is 16.3 Å². The van der Waals surface area contributed by atoms with Crippen molar-refractivity contribution < 1.29 is 8.42 Å². The van der Waals surface area contributed by atoms with Gasteiger partial charge in [0.1, 0.15) is 5.82 Å². The van der Waals surface area contributed by atoms with E-state index in [0.29, 0.717) is 5.82 Å². The third-order valence-electron chi connectivity index (χ3n) is 2.10. The van der Waals surface area contributed by atoms with Gasteiger partial charge in [-0.3, -0.25) is 0 Å². The highest BCUT2D eigenvalue weighted by molar-refractivity contribution is 8.13. The molecule has 0 saturated heterocycles. The van der Waals surface area contributed by atoms with E-state index in [1.54, 1.807) is 6.92 Å². The molecule has 0 aliphatic rings. The van der Waals surface area contributed by atoms with Crippen LogP contribution >= 0.6 is 22.4 Å². The Labute approximate surface area is 105 Å². The predicted molar refractivity (Wildman–Crippen MR) is 67.6 cm³/mol. The summed E-state index contributed by atoms with van der Waals surface area (Å²) in [6, 6.07) is 0. The molecule has 0 aliphatic carbocycles. The lowest BCUT2D eigenvalue weighted by Crippen LogP contribution is -2.00. The molecular weight excluding hydrogens is 268 g/mol. The summed E-state index contributed by atoms with van der Waals surface area (Å²) in [5.74, 6) is 2.85. The summed E-state index contributed by atoms with van der Waals surface area (Å²) in [7, 11) is 1.52. The van der Waals surface area contributed by atoms with Crippen molar-refractivity contribution in [2.24, 2.45) is 0 Å². The minimum atomic E-state index is -3.70. The molecule has 0 aromatic carbocycles. The van der Waals surface area contributed by atoms with E-state index in [2.05, 4.69) is 11.9 Å². The Balaban J connectivity index is 2.64. The number of halogens is 1. The van der Waals surface area contributed by atoms with Gasteiger partial charge < -0.3 is 4.57 Å². The van der Waals surface area contributed by atoms with Gasteiger partial charge >= 0.3 is 0 Å². The lowest BCUT2D eigenvalue weighted by molar-refractivity contribution is 0.606. The molecule has 0 N–H and O–H groups in total. The quantitative estimate of drug-likeness (QED) is 0.593. The van der Waals surface area contributed by atoms with Gasteiger partial charge in [-0.05, 0) is 24.9 Å². The summed E-state index contributed by atoms with van der Waals surface area (Å²) >= 11 is 1.87. The van der Waals surface area contributed by atoms with Crippen LogP contribution in [0, 0.1) is 6.92 Å². The summed E-state index contributed by atoms with van der Waals surface area (Å²) in [6.07, 6.45) is 2.49. The van der Waals surface area contributed by atoms with Crippen molar-refractivity contribution in [3.63, 3.8) is 0 Å². The average Bonchev–Trinajstić information content (AvgIpc) is 2.55. The summed E-state index contributed by atoms with van der Waals surface area (Å²) in [5, 5.41) is -0.0604. The summed E-state index contributed by atoms with van der Waals surface area (Å²) in [5.41, 5.74) is 0. The molecule has 0 spiro atoms. The molecule has 4 nitrogen and oxygen atoms in total. The van der Waals surface area contributed by atoms with Crippen LogP contribution in [-0.2, 0) is 15.6 Å². The van der Waals surface area contributed by atoms with E-state index in [-0.39, 0.29) is 5.03 Å². The SMILES string of the molecule is CCSCCCn1cc(S(=O)(=O)Cl)nc1C. The van der Waals surface area contributed by atoms with Crippen molar-refractivity contribution in [2.75, 3.05) is 11.5 Å². The number of nitrogens with zero attached hydrogens (tertiary/aromatic N) is 2. The highest BCUT2D eigenvalue weighted by Crippen LogP contribution is 2.14. The van der Waals surface area contributed by atoms with Crippen LogP contribution in [0.15, 0.2) is 11.2 Å². The maximum atomic E-state index is 11.1. The number of imidazole rings is 1. The van der Waals surface area contributed by atoms with Crippen molar-refractivity contribution in [1.82, 2.24) is 9.55 Å². The van der Waals surface area contributed by atoms with Gasteiger partial charge in [0, 0.05) is 23.4 Å². The number of hydrogen-bond donors (Lipinski definition) is 0. The molecule has 7 heteroatoms. The molecule has 0 saturated carbocycles. The number of thioether (sulfide) groups is 1. The Kier molecular flexibility index (Phi) is 5.14. The molecule has 92 valence electrons. The molecule has 16 heavy (non-hydrogen) atoms. The fraction of sp³-hybridized carbons (Fsp3) is 0.667. The Morgan fingerprint density at radius 1 is 1.56 bits per heavy atom. The molecule has 0 radical (unpaired) electrons. The van der Waals surface area contributed by atoms with Crippen LogP contribution in [0.1, 0.15) is 19.2 Å². The largest absolute Gasteiger partial charge is 0.334 e. The van der Waals surface area contributed by atoms with Crippen molar-refractivity contribution in [2.45, 2.75) is 31.8 Å². The van der Waals surface area contributed by atoms with E-state index < -0.39 is 9.05 Å². The fourth-order valence-electron chi connectivity index (χ4n) is 1.30. The van der Waals surface area contributed by atoms with Gasteiger partial charge in [-0.2, -0.15) is 11.8 Å². The summed E-state index contributed by atoms with van der Waals surface area (Å²) in [4.78, 5) is 3.92. The minimum absolute atomic E-state index is 0.0604. The van der Waals surface area contributed by atoms with Crippen LogP contribution < -0.4 is 0 Å². The molecule has 0 unspecified atom stereocenters. The first kappa shape index (κ1) is 13.9. The van der Waals surface area contributed by atoms with Crippen LogP contribution in [0.25, 0.3) is 0 Å². The Morgan fingerprint density at radius 3 is 2.75 bits per heavy atom. The summed E-state index contributed by atoms with van der Waals surface area (Å²) in [6.45, 7) is 4.67. The monoisotopic (exact) mass is 282 g/mol. The number of aromatic nitrogens is 2. The van der Waals surface area contributed by atoms with Crippen LogP contribution in [0.2, 0.25) is 0 Å². The van der Waals surface area contributed by atoms with Gasteiger partial charge in [0.15, 0.2) is 5.03 Å². The van der Waals surface area contributed by atoms with E-state index in [4.69, 9.17) is 10.7 Å². The highest BCUT2D eigenvalue weighted by Gasteiger charge is 2.15. The number of rotatable bonds is 6. The average molecular weight is 283 g/mol. The number of aryl methyl sites for hydroxylation is 2. The molecular formula is C9H15ClN2O2S2. The van der Waals surface area contributed by atoms with Crippen molar-refractivity contribution in [3.8, 4) is 0 Å². The second kappa shape index (κ2) is 5.93. The summed E-state index contributed by atoms with van der Waals surface area (Å²) < 4.78 is 23.9. The lowest BCUT2D eigenvalue weighted by Gasteiger charge is -2.03. The molecule has 0 aliphatic heterocycles. The molecule has 0 atom stereocenters. The second-order valence-corrected chi connectivity index (χ2v) is 7.21. The molecule has 1 aromatic rings. The molecule has 1 heterocycles.